The Hall–Kier alpha value is -3.64. The van der Waals surface area contributed by atoms with Gasteiger partial charge in [-0.25, -0.2) is 14.8 Å². The lowest BCUT2D eigenvalue weighted by Crippen LogP contribution is -2.31. The zero-order chi connectivity index (χ0) is 25.2. The van der Waals surface area contributed by atoms with Crippen LogP contribution in [0.2, 0.25) is 0 Å². The minimum Gasteiger partial charge on any atom is -0.464 e. The standard InChI is InChI=1S/C23H19F4N5O2S/c1-34-21(33)19-20(13-3-4-14-10-30-18(24)8-15(14)7-13)35-22(32-19)31-11-16(28)6-12-2-5-17(29-9-12)23(25,26)27/h2-5,7-10,16H,6,11,28H2,1H3,(H,31,32)/t16-/m0/s1. The van der Waals surface area contributed by atoms with E-state index in [-0.39, 0.29) is 18.7 Å². The molecular formula is C23H19F4N5O2S. The van der Waals surface area contributed by atoms with Crippen LogP contribution in [-0.4, -0.2) is 40.6 Å². The molecule has 0 aliphatic carbocycles. The smallest absolute Gasteiger partial charge is 0.433 e. The monoisotopic (exact) mass is 505 g/mol. The molecule has 7 nitrogen and oxygen atoms in total. The average molecular weight is 505 g/mol. The summed E-state index contributed by atoms with van der Waals surface area (Å²) in [6.45, 7) is 0.239. The van der Waals surface area contributed by atoms with Crippen molar-refractivity contribution in [2.24, 2.45) is 5.73 Å². The van der Waals surface area contributed by atoms with E-state index < -0.39 is 29.8 Å². The molecule has 4 aromatic rings. The van der Waals surface area contributed by atoms with Gasteiger partial charge in [-0.15, -0.1) is 0 Å². The Morgan fingerprint density at radius 3 is 2.63 bits per heavy atom. The van der Waals surface area contributed by atoms with E-state index >= 15 is 0 Å². The quantitative estimate of drug-likeness (QED) is 0.214. The summed E-state index contributed by atoms with van der Waals surface area (Å²) in [6, 6.07) is 8.35. The maximum Gasteiger partial charge on any atom is 0.433 e. The Kier molecular flexibility index (Phi) is 6.94. The summed E-state index contributed by atoms with van der Waals surface area (Å²) in [5, 5.41) is 4.81. The summed E-state index contributed by atoms with van der Waals surface area (Å²) in [5.74, 6) is -1.25. The molecule has 0 saturated carbocycles. The largest absolute Gasteiger partial charge is 0.464 e. The van der Waals surface area contributed by atoms with Crippen molar-refractivity contribution >= 4 is 33.2 Å². The molecule has 0 aliphatic rings. The number of benzene rings is 1. The van der Waals surface area contributed by atoms with Gasteiger partial charge in [0.05, 0.1) is 12.0 Å². The molecule has 3 N–H and O–H groups in total. The van der Waals surface area contributed by atoms with E-state index in [1.54, 1.807) is 18.2 Å². The number of alkyl halides is 3. The highest BCUT2D eigenvalue weighted by atomic mass is 32.1. The predicted octanol–water partition coefficient (Wildman–Crippen LogP) is 4.68. The summed E-state index contributed by atoms with van der Waals surface area (Å²) in [4.78, 5) is 24.2. The lowest BCUT2D eigenvalue weighted by molar-refractivity contribution is -0.141. The van der Waals surface area contributed by atoms with Crippen LogP contribution in [0, 0.1) is 5.95 Å². The molecule has 1 atom stereocenters. The van der Waals surface area contributed by atoms with E-state index in [2.05, 4.69) is 20.3 Å². The number of rotatable bonds is 7. The van der Waals surface area contributed by atoms with Gasteiger partial charge >= 0.3 is 12.1 Å². The van der Waals surface area contributed by atoms with Gasteiger partial charge in [-0.3, -0.25) is 4.98 Å². The van der Waals surface area contributed by atoms with Crippen molar-refractivity contribution in [3.8, 4) is 10.4 Å². The number of pyridine rings is 2. The normalized spacial score (nSPS) is 12.5. The van der Waals surface area contributed by atoms with Gasteiger partial charge < -0.3 is 15.8 Å². The van der Waals surface area contributed by atoms with Gasteiger partial charge in [0.25, 0.3) is 0 Å². The molecule has 0 amide bonds. The summed E-state index contributed by atoms with van der Waals surface area (Å²) >= 11 is 1.20. The van der Waals surface area contributed by atoms with Gasteiger partial charge in [0.2, 0.25) is 5.95 Å². The first kappa shape index (κ1) is 24.5. The number of carbonyl (C=O) groups excluding carboxylic acids is 1. The van der Waals surface area contributed by atoms with Crippen LogP contribution in [0.3, 0.4) is 0 Å². The number of fused-ring (bicyclic) bond motifs is 1. The third-order valence-corrected chi connectivity index (χ3v) is 6.15. The number of methoxy groups -OCH3 is 1. The fraction of sp³-hybridized carbons (Fsp3) is 0.217. The Morgan fingerprint density at radius 2 is 1.94 bits per heavy atom. The highest BCUT2D eigenvalue weighted by Gasteiger charge is 2.32. The van der Waals surface area contributed by atoms with Crippen LogP contribution in [0.4, 0.5) is 22.7 Å². The van der Waals surface area contributed by atoms with Crippen LogP contribution >= 0.6 is 11.3 Å². The molecule has 0 bridgehead atoms. The molecule has 0 saturated heterocycles. The average Bonchev–Trinajstić information content (AvgIpc) is 3.26. The number of carbonyl (C=O) groups is 1. The number of thiazole rings is 1. The molecule has 3 aromatic heterocycles. The fourth-order valence-electron chi connectivity index (χ4n) is 3.39. The number of hydrogen-bond donors (Lipinski definition) is 2. The van der Waals surface area contributed by atoms with Crippen LogP contribution in [0.25, 0.3) is 21.2 Å². The lowest BCUT2D eigenvalue weighted by Gasteiger charge is -2.12. The minimum absolute atomic E-state index is 0.0920. The van der Waals surface area contributed by atoms with Crippen molar-refractivity contribution in [3.05, 3.63) is 71.7 Å². The van der Waals surface area contributed by atoms with E-state index in [1.807, 2.05) is 0 Å². The second-order valence-electron chi connectivity index (χ2n) is 7.65. The third kappa shape index (κ3) is 5.72. The van der Waals surface area contributed by atoms with Crippen molar-refractivity contribution in [1.82, 2.24) is 15.0 Å². The van der Waals surface area contributed by atoms with E-state index in [1.165, 1.54) is 36.8 Å². The molecular weight excluding hydrogens is 486 g/mol. The number of nitrogens with one attached hydrogen (secondary N) is 1. The topological polar surface area (TPSA) is 103 Å². The van der Waals surface area contributed by atoms with E-state index in [9.17, 15) is 22.4 Å². The number of nitrogens with zero attached hydrogens (tertiary/aromatic N) is 3. The Bertz CT molecular complexity index is 1360. The third-order valence-electron chi connectivity index (χ3n) is 5.08. The summed E-state index contributed by atoms with van der Waals surface area (Å²) in [5.41, 5.74) is 6.46. The zero-order valence-corrected chi connectivity index (χ0v) is 19.1. The summed E-state index contributed by atoms with van der Waals surface area (Å²) < 4.78 is 56.4. The van der Waals surface area contributed by atoms with Gasteiger partial charge in [0.1, 0.15) is 5.69 Å². The molecule has 0 unspecified atom stereocenters. The van der Waals surface area contributed by atoms with Crippen LogP contribution in [0.15, 0.2) is 48.8 Å². The summed E-state index contributed by atoms with van der Waals surface area (Å²) in [7, 11) is 1.24. The van der Waals surface area contributed by atoms with Crippen LogP contribution in [0.1, 0.15) is 21.7 Å². The maximum absolute atomic E-state index is 13.6. The van der Waals surface area contributed by atoms with Crippen molar-refractivity contribution < 1.29 is 27.1 Å². The van der Waals surface area contributed by atoms with E-state index in [4.69, 9.17) is 10.5 Å². The van der Waals surface area contributed by atoms with Crippen LogP contribution in [0.5, 0.6) is 0 Å². The second kappa shape index (κ2) is 9.92. The van der Waals surface area contributed by atoms with Gasteiger partial charge in [0.15, 0.2) is 10.8 Å². The SMILES string of the molecule is COC(=O)c1nc(NC[C@@H](N)Cc2ccc(C(F)(F)F)nc2)sc1-c1ccc2cnc(F)cc2c1. The maximum atomic E-state index is 13.6. The van der Waals surface area contributed by atoms with E-state index in [0.29, 0.717) is 26.5 Å². The highest BCUT2D eigenvalue weighted by Crippen LogP contribution is 2.35. The van der Waals surface area contributed by atoms with Gasteiger partial charge in [-0.1, -0.05) is 29.5 Å². The van der Waals surface area contributed by atoms with Gasteiger partial charge in [-0.2, -0.15) is 17.6 Å². The Labute approximate surface area is 201 Å². The van der Waals surface area contributed by atoms with Crippen molar-refractivity contribution in [2.75, 3.05) is 19.0 Å². The molecule has 4 rings (SSSR count). The van der Waals surface area contributed by atoms with Crippen molar-refractivity contribution in [2.45, 2.75) is 18.6 Å². The second-order valence-corrected chi connectivity index (χ2v) is 8.65. The Morgan fingerprint density at radius 1 is 1.14 bits per heavy atom. The fourth-order valence-corrected chi connectivity index (χ4v) is 4.34. The molecule has 0 radical (unpaired) electrons. The first-order valence-corrected chi connectivity index (χ1v) is 11.1. The Balaban J connectivity index is 1.50. The number of ether oxygens (including phenoxy) is 1. The summed E-state index contributed by atoms with van der Waals surface area (Å²) in [6.07, 6.45) is -1.65. The molecule has 35 heavy (non-hydrogen) atoms. The number of halogens is 4. The molecule has 12 heteroatoms. The molecule has 0 spiro atoms. The zero-order valence-electron chi connectivity index (χ0n) is 18.3. The van der Waals surface area contributed by atoms with Crippen molar-refractivity contribution in [3.63, 3.8) is 0 Å². The van der Waals surface area contributed by atoms with Crippen LogP contribution < -0.4 is 11.1 Å². The van der Waals surface area contributed by atoms with Crippen LogP contribution in [-0.2, 0) is 17.3 Å². The number of hydrogen-bond acceptors (Lipinski definition) is 8. The number of anilines is 1. The molecule has 182 valence electrons. The van der Waals surface area contributed by atoms with Gasteiger partial charge in [0, 0.05) is 36.4 Å². The highest BCUT2D eigenvalue weighted by molar-refractivity contribution is 7.19. The molecule has 0 aliphatic heterocycles. The number of esters is 1. The number of nitrogens with two attached hydrogens (primary N) is 1. The molecule has 1 aromatic carbocycles. The number of aromatic nitrogens is 3. The molecule has 0 fully saturated rings. The predicted molar refractivity (Wildman–Crippen MR) is 124 cm³/mol. The van der Waals surface area contributed by atoms with Gasteiger partial charge in [-0.05, 0) is 35.1 Å². The first-order chi connectivity index (χ1) is 16.6. The minimum atomic E-state index is -4.50. The molecule has 3 heterocycles. The lowest BCUT2D eigenvalue weighted by atomic mass is 10.1. The first-order valence-electron chi connectivity index (χ1n) is 10.3. The van der Waals surface area contributed by atoms with E-state index in [0.717, 1.165) is 17.6 Å². The van der Waals surface area contributed by atoms with Crippen molar-refractivity contribution in [1.29, 1.82) is 0 Å².